The Morgan fingerprint density at radius 2 is 1.95 bits per heavy atom. The summed E-state index contributed by atoms with van der Waals surface area (Å²) in [5.41, 5.74) is 3.76. The van der Waals surface area contributed by atoms with Crippen molar-refractivity contribution in [1.82, 2.24) is 5.32 Å². The number of halogens is 1. The van der Waals surface area contributed by atoms with Gasteiger partial charge >= 0.3 is 0 Å². The van der Waals surface area contributed by atoms with Gasteiger partial charge in [0.15, 0.2) is 0 Å². The minimum atomic E-state index is 0.274. The van der Waals surface area contributed by atoms with Gasteiger partial charge in [0, 0.05) is 12.6 Å². The van der Waals surface area contributed by atoms with Crippen molar-refractivity contribution in [2.75, 3.05) is 0 Å². The van der Waals surface area contributed by atoms with E-state index in [1.165, 1.54) is 11.1 Å². The van der Waals surface area contributed by atoms with E-state index >= 15 is 0 Å². The van der Waals surface area contributed by atoms with Gasteiger partial charge in [-0.25, -0.2) is 0 Å². The fourth-order valence-corrected chi connectivity index (χ4v) is 2.54. The van der Waals surface area contributed by atoms with Gasteiger partial charge in [0.2, 0.25) is 0 Å². The van der Waals surface area contributed by atoms with E-state index in [4.69, 9.17) is 0 Å². The maximum Gasteiger partial charge on any atom is 0.129 e. The van der Waals surface area contributed by atoms with Crippen molar-refractivity contribution in [3.05, 3.63) is 63.6 Å². The molecule has 3 heteroatoms. The molecule has 0 saturated carbocycles. The number of rotatable bonds is 4. The Morgan fingerprint density at radius 1 is 1.21 bits per heavy atom. The summed E-state index contributed by atoms with van der Waals surface area (Å²) in [5, 5.41) is 13.0. The van der Waals surface area contributed by atoms with E-state index in [-0.39, 0.29) is 5.75 Å². The molecule has 0 aromatic heterocycles. The minimum Gasteiger partial charge on any atom is -0.507 e. The van der Waals surface area contributed by atoms with Crippen LogP contribution in [0.1, 0.15) is 29.7 Å². The van der Waals surface area contributed by atoms with E-state index in [0.29, 0.717) is 6.04 Å². The van der Waals surface area contributed by atoms with Crippen LogP contribution in [0.3, 0.4) is 0 Å². The molecule has 19 heavy (non-hydrogen) atoms. The Kier molecular flexibility index (Phi) is 4.61. The number of hydrogen-bond acceptors (Lipinski definition) is 2. The number of phenols is 1. The summed E-state index contributed by atoms with van der Waals surface area (Å²) in [6.07, 6.45) is 0. The molecule has 0 radical (unpaired) electrons. The maximum atomic E-state index is 9.47. The van der Waals surface area contributed by atoms with Crippen molar-refractivity contribution < 1.29 is 5.11 Å². The third-order valence-electron chi connectivity index (χ3n) is 3.28. The second kappa shape index (κ2) is 6.22. The average molecular weight is 320 g/mol. The van der Waals surface area contributed by atoms with Crippen LogP contribution in [-0.2, 0) is 6.54 Å². The highest BCUT2D eigenvalue weighted by atomic mass is 79.9. The molecule has 0 fully saturated rings. The SMILES string of the molecule is Cc1ccccc1[C@H](C)NCc1ccc(O)c(Br)c1. The van der Waals surface area contributed by atoms with E-state index in [1.807, 2.05) is 12.1 Å². The lowest BCUT2D eigenvalue weighted by Crippen LogP contribution is -2.18. The van der Waals surface area contributed by atoms with Crippen molar-refractivity contribution in [3.8, 4) is 5.75 Å². The van der Waals surface area contributed by atoms with Crippen LogP contribution in [0.15, 0.2) is 46.9 Å². The average Bonchev–Trinajstić information content (AvgIpc) is 2.40. The van der Waals surface area contributed by atoms with Crippen molar-refractivity contribution in [1.29, 1.82) is 0 Å². The smallest absolute Gasteiger partial charge is 0.129 e. The zero-order chi connectivity index (χ0) is 13.8. The maximum absolute atomic E-state index is 9.47. The number of hydrogen-bond donors (Lipinski definition) is 2. The van der Waals surface area contributed by atoms with Gasteiger partial charge in [-0.05, 0) is 58.6 Å². The third-order valence-corrected chi connectivity index (χ3v) is 3.91. The highest BCUT2D eigenvalue weighted by molar-refractivity contribution is 9.10. The highest BCUT2D eigenvalue weighted by Gasteiger charge is 2.07. The Morgan fingerprint density at radius 3 is 2.63 bits per heavy atom. The van der Waals surface area contributed by atoms with Gasteiger partial charge in [0.25, 0.3) is 0 Å². The van der Waals surface area contributed by atoms with Crippen LogP contribution in [0.4, 0.5) is 0 Å². The number of aromatic hydroxyl groups is 1. The Bertz CT molecular complexity index is 568. The number of phenolic OH excluding ortho intramolecular Hbond substituents is 1. The number of nitrogens with one attached hydrogen (secondary N) is 1. The molecule has 0 saturated heterocycles. The molecule has 2 aromatic rings. The molecule has 100 valence electrons. The normalized spacial score (nSPS) is 12.4. The number of benzene rings is 2. The van der Waals surface area contributed by atoms with Gasteiger partial charge < -0.3 is 10.4 Å². The molecule has 0 aliphatic rings. The predicted octanol–water partition coefficient (Wildman–Crippen LogP) is 4.31. The molecule has 1 atom stereocenters. The summed E-state index contributed by atoms with van der Waals surface area (Å²) >= 11 is 3.33. The molecule has 2 rings (SSSR count). The summed E-state index contributed by atoms with van der Waals surface area (Å²) in [4.78, 5) is 0. The summed E-state index contributed by atoms with van der Waals surface area (Å²) in [6.45, 7) is 5.07. The molecule has 2 nitrogen and oxygen atoms in total. The van der Waals surface area contributed by atoms with Gasteiger partial charge in [-0.15, -0.1) is 0 Å². The first kappa shape index (κ1) is 14.1. The molecule has 0 aliphatic heterocycles. The lowest BCUT2D eigenvalue weighted by molar-refractivity contribution is 0.471. The zero-order valence-electron chi connectivity index (χ0n) is 11.2. The van der Waals surface area contributed by atoms with E-state index < -0.39 is 0 Å². The second-order valence-corrected chi connectivity index (χ2v) is 5.60. The largest absolute Gasteiger partial charge is 0.507 e. The molecular formula is C16H18BrNO. The summed E-state index contributed by atoms with van der Waals surface area (Å²) < 4.78 is 0.732. The lowest BCUT2D eigenvalue weighted by Gasteiger charge is -2.16. The quantitative estimate of drug-likeness (QED) is 0.879. The van der Waals surface area contributed by atoms with Crippen LogP contribution >= 0.6 is 15.9 Å². The van der Waals surface area contributed by atoms with Crippen LogP contribution in [0.5, 0.6) is 5.75 Å². The molecule has 0 bridgehead atoms. The second-order valence-electron chi connectivity index (χ2n) is 4.74. The molecule has 0 aliphatic carbocycles. The minimum absolute atomic E-state index is 0.274. The van der Waals surface area contributed by atoms with Crippen LogP contribution in [0.25, 0.3) is 0 Å². The molecule has 2 N–H and O–H groups in total. The fraction of sp³-hybridized carbons (Fsp3) is 0.250. The predicted molar refractivity (Wildman–Crippen MR) is 82.2 cm³/mol. The molecule has 0 heterocycles. The van der Waals surface area contributed by atoms with Crippen LogP contribution < -0.4 is 5.32 Å². The molecule has 2 aromatic carbocycles. The Labute approximate surface area is 122 Å². The van der Waals surface area contributed by atoms with Crippen molar-refractivity contribution in [3.63, 3.8) is 0 Å². The summed E-state index contributed by atoms with van der Waals surface area (Å²) in [6, 6.07) is 14.3. The van der Waals surface area contributed by atoms with E-state index in [2.05, 4.69) is 59.4 Å². The Hall–Kier alpha value is -1.32. The van der Waals surface area contributed by atoms with Crippen molar-refractivity contribution in [2.45, 2.75) is 26.4 Å². The molecule has 0 amide bonds. The first-order valence-electron chi connectivity index (χ1n) is 6.34. The monoisotopic (exact) mass is 319 g/mol. The number of aryl methyl sites for hydroxylation is 1. The van der Waals surface area contributed by atoms with E-state index in [9.17, 15) is 5.11 Å². The van der Waals surface area contributed by atoms with Gasteiger partial charge in [0.1, 0.15) is 5.75 Å². The van der Waals surface area contributed by atoms with Crippen LogP contribution in [0.2, 0.25) is 0 Å². The standard InChI is InChI=1S/C16H18BrNO/c1-11-5-3-4-6-14(11)12(2)18-10-13-7-8-16(19)15(17)9-13/h3-9,12,18-19H,10H2,1-2H3/t12-/m0/s1. The first-order chi connectivity index (χ1) is 9.08. The summed E-state index contributed by atoms with van der Waals surface area (Å²) in [7, 11) is 0. The van der Waals surface area contributed by atoms with Crippen molar-refractivity contribution in [2.24, 2.45) is 0 Å². The third kappa shape index (κ3) is 3.58. The van der Waals surface area contributed by atoms with Crippen LogP contribution in [0, 0.1) is 6.92 Å². The fourth-order valence-electron chi connectivity index (χ4n) is 2.11. The zero-order valence-corrected chi connectivity index (χ0v) is 12.7. The summed E-state index contributed by atoms with van der Waals surface area (Å²) in [5.74, 6) is 0.274. The molecule has 0 spiro atoms. The molecule has 0 unspecified atom stereocenters. The topological polar surface area (TPSA) is 32.3 Å². The van der Waals surface area contributed by atoms with Gasteiger partial charge in [-0.1, -0.05) is 30.3 Å². The van der Waals surface area contributed by atoms with E-state index in [0.717, 1.165) is 16.6 Å². The highest BCUT2D eigenvalue weighted by Crippen LogP contribution is 2.24. The molecular weight excluding hydrogens is 302 g/mol. The van der Waals surface area contributed by atoms with Gasteiger partial charge in [-0.2, -0.15) is 0 Å². The van der Waals surface area contributed by atoms with Gasteiger partial charge in [-0.3, -0.25) is 0 Å². The lowest BCUT2D eigenvalue weighted by atomic mass is 10.0. The first-order valence-corrected chi connectivity index (χ1v) is 7.13. The van der Waals surface area contributed by atoms with Crippen LogP contribution in [-0.4, -0.2) is 5.11 Å². The van der Waals surface area contributed by atoms with Crippen molar-refractivity contribution >= 4 is 15.9 Å². The van der Waals surface area contributed by atoms with Gasteiger partial charge in [0.05, 0.1) is 4.47 Å². The van der Waals surface area contributed by atoms with E-state index in [1.54, 1.807) is 6.07 Å². The Balaban J connectivity index is 2.02.